The number of hydrogen-bond acceptors (Lipinski definition) is 3. The van der Waals surface area contributed by atoms with Crippen LogP contribution in [0.3, 0.4) is 0 Å². The Balaban J connectivity index is 1.34. The molecule has 27 heavy (non-hydrogen) atoms. The molecule has 2 aliphatic rings. The summed E-state index contributed by atoms with van der Waals surface area (Å²) in [6.45, 7) is 6.80. The van der Waals surface area contributed by atoms with Crippen LogP contribution < -0.4 is 0 Å². The number of nitrogens with zero attached hydrogens (tertiary/aromatic N) is 4. The van der Waals surface area contributed by atoms with Gasteiger partial charge in [0.25, 0.3) is 0 Å². The van der Waals surface area contributed by atoms with Crippen molar-refractivity contribution in [2.24, 2.45) is 0 Å². The van der Waals surface area contributed by atoms with Crippen molar-refractivity contribution < 1.29 is 4.79 Å². The van der Waals surface area contributed by atoms with E-state index >= 15 is 0 Å². The molecule has 0 radical (unpaired) electrons. The lowest BCUT2D eigenvalue weighted by atomic mass is 10.0. The normalized spacial score (nSPS) is 18.0. The molecular weight excluding hydrogens is 336 g/mol. The van der Waals surface area contributed by atoms with E-state index in [9.17, 15) is 4.79 Å². The van der Waals surface area contributed by atoms with E-state index in [1.807, 2.05) is 21.8 Å². The summed E-state index contributed by atoms with van der Waals surface area (Å²) in [5, 5.41) is 4.56. The molecule has 1 saturated heterocycles. The number of hydrogen-bond donors (Lipinski definition) is 0. The number of rotatable bonds is 5. The fourth-order valence-electron chi connectivity index (χ4n) is 4.00. The summed E-state index contributed by atoms with van der Waals surface area (Å²) in [4.78, 5) is 16.6. The van der Waals surface area contributed by atoms with Crippen LogP contribution in [0.2, 0.25) is 0 Å². The molecule has 0 unspecified atom stereocenters. The average molecular weight is 364 g/mol. The fourth-order valence-corrected chi connectivity index (χ4v) is 4.00. The van der Waals surface area contributed by atoms with E-state index in [4.69, 9.17) is 0 Å². The molecule has 1 amide bonds. The Labute approximate surface area is 161 Å². The SMILES string of the molecule is Cc1ccccc1-n1cc(C2=CCN(CCC(=O)N3CCCC3)CC2)cn1. The van der Waals surface area contributed by atoms with Gasteiger partial charge in [0, 0.05) is 50.9 Å². The molecule has 0 atom stereocenters. The van der Waals surface area contributed by atoms with Crippen LogP contribution in [0.1, 0.15) is 36.8 Å². The molecule has 3 heterocycles. The summed E-state index contributed by atoms with van der Waals surface area (Å²) in [5.41, 5.74) is 4.91. The number of benzene rings is 1. The molecule has 2 aromatic rings. The van der Waals surface area contributed by atoms with Crippen molar-refractivity contribution in [3.63, 3.8) is 0 Å². The molecular formula is C22H28N4O. The van der Waals surface area contributed by atoms with Crippen LogP contribution in [0.15, 0.2) is 42.7 Å². The van der Waals surface area contributed by atoms with Crippen LogP contribution in [0.25, 0.3) is 11.3 Å². The quantitative estimate of drug-likeness (QED) is 0.818. The number of amides is 1. The van der Waals surface area contributed by atoms with Gasteiger partial charge in [-0.15, -0.1) is 0 Å². The lowest BCUT2D eigenvalue weighted by Crippen LogP contribution is -2.34. The number of carbonyl (C=O) groups is 1. The van der Waals surface area contributed by atoms with Crippen molar-refractivity contribution in [2.75, 3.05) is 32.7 Å². The number of para-hydroxylation sites is 1. The molecule has 1 aromatic heterocycles. The molecule has 0 N–H and O–H groups in total. The van der Waals surface area contributed by atoms with Crippen LogP contribution in [0, 0.1) is 6.92 Å². The van der Waals surface area contributed by atoms with Gasteiger partial charge in [-0.1, -0.05) is 24.3 Å². The molecule has 0 saturated carbocycles. The first-order valence-corrected chi connectivity index (χ1v) is 10.0. The van der Waals surface area contributed by atoms with Crippen LogP contribution in [0.5, 0.6) is 0 Å². The van der Waals surface area contributed by atoms with Gasteiger partial charge < -0.3 is 4.90 Å². The van der Waals surface area contributed by atoms with Crippen molar-refractivity contribution in [2.45, 2.75) is 32.6 Å². The summed E-state index contributed by atoms with van der Waals surface area (Å²) < 4.78 is 1.96. The van der Waals surface area contributed by atoms with Crippen LogP contribution in [0.4, 0.5) is 0 Å². The Morgan fingerprint density at radius 1 is 1.15 bits per heavy atom. The van der Waals surface area contributed by atoms with Crippen LogP contribution in [-0.4, -0.2) is 58.2 Å². The summed E-state index contributed by atoms with van der Waals surface area (Å²) in [6.07, 6.45) is 10.4. The molecule has 0 spiro atoms. The van der Waals surface area contributed by atoms with E-state index in [1.165, 1.54) is 16.7 Å². The molecule has 1 aromatic carbocycles. The third-order valence-electron chi connectivity index (χ3n) is 5.71. The van der Waals surface area contributed by atoms with Crippen LogP contribution in [-0.2, 0) is 4.79 Å². The fraction of sp³-hybridized carbons (Fsp3) is 0.455. The van der Waals surface area contributed by atoms with Gasteiger partial charge in [-0.2, -0.15) is 5.10 Å². The Morgan fingerprint density at radius 2 is 1.96 bits per heavy atom. The molecule has 0 aliphatic carbocycles. The maximum atomic E-state index is 12.2. The topological polar surface area (TPSA) is 41.4 Å². The zero-order chi connectivity index (χ0) is 18.6. The number of aryl methyl sites for hydroxylation is 1. The Bertz CT molecular complexity index is 832. The van der Waals surface area contributed by atoms with E-state index in [-0.39, 0.29) is 0 Å². The first-order chi connectivity index (χ1) is 13.2. The first kappa shape index (κ1) is 18.0. The number of carbonyl (C=O) groups excluding carboxylic acids is 1. The zero-order valence-electron chi connectivity index (χ0n) is 16.1. The second kappa shape index (κ2) is 8.09. The second-order valence-electron chi connectivity index (χ2n) is 7.58. The van der Waals surface area contributed by atoms with Gasteiger partial charge in [0.15, 0.2) is 0 Å². The van der Waals surface area contributed by atoms with Crippen molar-refractivity contribution in [1.29, 1.82) is 0 Å². The van der Waals surface area contributed by atoms with Crippen molar-refractivity contribution in [3.8, 4) is 5.69 Å². The molecule has 5 nitrogen and oxygen atoms in total. The van der Waals surface area contributed by atoms with Gasteiger partial charge in [0.05, 0.1) is 11.9 Å². The first-order valence-electron chi connectivity index (χ1n) is 10.0. The highest BCUT2D eigenvalue weighted by Crippen LogP contribution is 2.24. The molecule has 1 fully saturated rings. The lowest BCUT2D eigenvalue weighted by Gasteiger charge is -2.26. The van der Waals surface area contributed by atoms with Crippen molar-refractivity contribution in [1.82, 2.24) is 19.6 Å². The highest BCUT2D eigenvalue weighted by molar-refractivity contribution is 5.76. The van der Waals surface area contributed by atoms with Gasteiger partial charge in [0.1, 0.15) is 0 Å². The third kappa shape index (κ3) is 4.14. The molecule has 0 bridgehead atoms. The van der Waals surface area contributed by atoms with Gasteiger partial charge in [-0.25, -0.2) is 4.68 Å². The average Bonchev–Trinajstić information content (AvgIpc) is 3.39. The highest BCUT2D eigenvalue weighted by Gasteiger charge is 2.20. The predicted molar refractivity (Wildman–Crippen MR) is 108 cm³/mol. The largest absolute Gasteiger partial charge is 0.343 e. The minimum Gasteiger partial charge on any atom is -0.343 e. The summed E-state index contributed by atoms with van der Waals surface area (Å²) in [5.74, 6) is 0.321. The second-order valence-corrected chi connectivity index (χ2v) is 7.58. The zero-order valence-corrected chi connectivity index (χ0v) is 16.1. The number of likely N-dealkylation sites (tertiary alicyclic amines) is 1. The van der Waals surface area contributed by atoms with E-state index in [0.717, 1.165) is 57.7 Å². The monoisotopic (exact) mass is 364 g/mol. The van der Waals surface area contributed by atoms with Gasteiger partial charge in [0.2, 0.25) is 5.91 Å². The molecule has 5 heteroatoms. The smallest absolute Gasteiger partial charge is 0.223 e. The summed E-state index contributed by atoms with van der Waals surface area (Å²) >= 11 is 0. The Kier molecular flexibility index (Phi) is 5.39. The van der Waals surface area contributed by atoms with E-state index in [0.29, 0.717) is 12.3 Å². The van der Waals surface area contributed by atoms with Crippen molar-refractivity contribution >= 4 is 11.5 Å². The van der Waals surface area contributed by atoms with E-state index in [2.05, 4.69) is 47.4 Å². The van der Waals surface area contributed by atoms with Gasteiger partial charge in [-0.05, 0) is 43.4 Å². The van der Waals surface area contributed by atoms with Crippen molar-refractivity contribution in [3.05, 3.63) is 53.9 Å². The van der Waals surface area contributed by atoms with E-state index < -0.39 is 0 Å². The molecule has 2 aliphatic heterocycles. The molecule has 142 valence electrons. The summed E-state index contributed by atoms with van der Waals surface area (Å²) in [7, 11) is 0. The van der Waals surface area contributed by atoms with E-state index in [1.54, 1.807) is 0 Å². The molecule has 4 rings (SSSR count). The minimum atomic E-state index is 0.321. The Hall–Kier alpha value is -2.40. The minimum absolute atomic E-state index is 0.321. The third-order valence-corrected chi connectivity index (χ3v) is 5.71. The highest BCUT2D eigenvalue weighted by atomic mass is 16.2. The Morgan fingerprint density at radius 3 is 2.70 bits per heavy atom. The standard InChI is InChI=1S/C22H28N4O/c1-18-6-2-3-7-21(18)26-17-20(16-23-26)19-8-13-24(14-9-19)15-10-22(27)25-11-4-5-12-25/h2-3,6-8,16-17H,4-5,9-15H2,1H3. The van der Waals surface area contributed by atoms with Gasteiger partial charge >= 0.3 is 0 Å². The predicted octanol–water partition coefficient (Wildman–Crippen LogP) is 3.28. The maximum absolute atomic E-state index is 12.2. The summed E-state index contributed by atoms with van der Waals surface area (Å²) in [6, 6.07) is 8.30. The number of aromatic nitrogens is 2. The maximum Gasteiger partial charge on any atom is 0.223 e. The van der Waals surface area contributed by atoms with Gasteiger partial charge in [-0.3, -0.25) is 9.69 Å². The lowest BCUT2D eigenvalue weighted by molar-refractivity contribution is -0.130. The van der Waals surface area contributed by atoms with Crippen LogP contribution >= 0.6 is 0 Å².